The van der Waals surface area contributed by atoms with Gasteiger partial charge in [0.15, 0.2) is 0 Å². The molecule has 1 aliphatic heterocycles. The van der Waals surface area contributed by atoms with E-state index in [0.717, 1.165) is 37.9 Å². The van der Waals surface area contributed by atoms with Gasteiger partial charge in [0.05, 0.1) is 6.04 Å². The van der Waals surface area contributed by atoms with E-state index < -0.39 is 0 Å². The molecule has 3 nitrogen and oxygen atoms in total. The van der Waals surface area contributed by atoms with Crippen molar-refractivity contribution in [3.8, 4) is 0 Å². The molecule has 1 saturated heterocycles. The van der Waals surface area contributed by atoms with E-state index in [-0.39, 0.29) is 6.04 Å². The summed E-state index contributed by atoms with van der Waals surface area (Å²) in [7, 11) is 0. The van der Waals surface area contributed by atoms with Crippen LogP contribution in [-0.2, 0) is 4.79 Å². The molecule has 90 valence electrons. The lowest BCUT2D eigenvalue weighted by Gasteiger charge is -2.25. The van der Waals surface area contributed by atoms with E-state index >= 15 is 0 Å². The molecule has 0 spiro atoms. The van der Waals surface area contributed by atoms with Crippen molar-refractivity contribution in [2.45, 2.75) is 31.7 Å². The fourth-order valence-corrected chi connectivity index (χ4v) is 2.66. The highest BCUT2D eigenvalue weighted by atomic mass is 16.2. The number of amides is 1. The van der Waals surface area contributed by atoms with Crippen LogP contribution in [-0.4, -0.2) is 17.4 Å². The molecular formula is C14H18N2O. The molecule has 1 aromatic rings. The maximum absolute atomic E-state index is 12.2. The molecule has 1 aliphatic carbocycles. The molecule has 0 bridgehead atoms. The zero-order chi connectivity index (χ0) is 11.8. The van der Waals surface area contributed by atoms with Crippen LogP contribution in [0.25, 0.3) is 0 Å². The van der Waals surface area contributed by atoms with Gasteiger partial charge in [0.25, 0.3) is 0 Å². The molecule has 1 atom stereocenters. The Labute approximate surface area is 102 Å². The molecule has 1 amide bonds. The number of hydrogen-bond acceptors (Lipinski definition) is 2. The van der Waals surface area contributed by atoms with Gasteiger partial charge in [-0.15, -0.1) is 0 Å². The molecule has 3 rings (SSSR count). The van der Waals surface area contributed by atoms with Crippen molar-refractivity contribution in [3.63, 3.8) is 0 Å². The Morgan fingerprint density at radius 1 is 1.18 bits per heavy atom. The molecule has 1 saturated carbocycles. The highest BCUT2D eigenvalue weighted by molar-refractivity contribution is 5.81. The van der Waals surface area contributed by atoms with Crippen LogP contribution < -0.4 is 5.73 Å². The minimum Gasteiger partial charge on any atom is -0.399 e. The Morgan fingerprint density at radius 3 is 2.53 bits per heavy atom. The highest BCUT2D eigenvalue weighted by Crippen LogP contribution is 2.38. The number of likely N-dealkylation sites (tertiary alicyclic amines) is 1. The van der Waals surface area contributed by atoms with Gasteiger partial charge in [-0.25, -0.2) is 0 Å². The number of carbonyl (C=O) groups excluding carboxylic acids is 1. The Hall–Kier alpha value is -1.51. The number of hydrogen-bond donors (Lipinski definition) is 1. The minimum atomic E-state index is 0.281. The summed E-state index contributed by atoms with van der Waals surface area (Å²) in [4.78, 5) is 14.2. The van der Waals surface area contributed by atoms with E-state index in [0.29, 0.717) is 11.8 Å². The van der Waals surface area contributed by atoms with Crippen LogP contribution in [0.2, 0.25) is 0 Å². The van der Waals surface area contributed by atoms with Crippen molar-refractivity contribution in [1.29, 1.82) is 0 Å². The van der Waals surface area contributed by atoms with E-state index in [9.17, 15) is 4.79 Å². The number of carbonyl (C=O) groups is 1. The number of rotatable bonds is 2. The minimum absolute atomic E-state index is 0.281. The topological polar surface area (TPSA) is 46.3 Å². The van der Waals surface area contributed by atoms with E-state index in [1.807, 2.05) is 12.1 Å². The molecule has 2 N–H and O–H groups in total. The van der Waals surface area contributed by atoms with E-state index in [2.05, 4.69) is 17.0 Å². The number of nitrogens with two attached hydrogens (primary N) is 1. The number of anilines is 1. The number of nitrogen functional groups attached to an aromatic ring is 1. The van der Waals surface area contributed by atoms with Gasteiger partial charge >= 0.3 is 0 Å². The maximum atomic E-state index is 12.2. The quantitative estimate of drug-likeness (QED) is 0.793. The highest BCUT2D eigenvalue weighted by Gasteiger charge is 2.38. The van der Waals surface area contributed by atoms with Crippen LogP contribution in [0.5, 0.6) is 0 Å². The Bertz CT molecular complexity index is 422. The SMILES string of the molecule is Nc1ccc(C2CCCN2C(=O)C2CC2)cc1. The van der Waals surface area contributed by atoms with Gasteiger partial charge in [-0.1, -0.05) is 12.1 Å². The predicted molar refractivity (Wildman–Crippen MR) is 67.3 cm³/mol. The lowest BCUT2D eigenvalue weighted by molar-refractivity contribution is -0.133. The monoisotopic (exact) mass is 230 g/mol. The van der Waals surface area contributed by atoms with Gasteiger partial charge in [0.1, 0.15) is 0 Å². The summed E-state index contributed by atoms with van der Waals surface area (Å²) >= 11 is 0. The van der Waals surface area contributed by atoms with Gasteiger partial charge in [0.2, 0.25) is 5.91 Å². The van der Waals surface area contributed by atoms with Crippen LogP contribution in [0.4, 0.5) is 5.69 Å². The van der Waals surface area contributed by atoms with Crippen LogP contribution in [0.1, 0.15) is 37.3 Å². The van der Waals surface area contributed by atoms with Crippen molar-refractivity contribution < 1.29 is 4.79 Å². The first-order valence-electron chi connectivity index (χ1n) is 6.41. The first-order valence-corrected chi connectivity index (χ1v) is 6.41. The van der Waals surface area contributed by atoms with Crippen LogP contribution in [0, 0.1) is 5.92 Å². The standard InChI is InChI=1S/C14H18N2O/c15-12-7-5-10(6-8-12)13-2-1-9-16(13)14(17)11-3-4-11/h5-8,11,13H,1-4,9,15H2. The molecule has 1 unspecified atom stereocenters. The first kappa shape index (κ1) is 10.6. The van der Waals surface area contributed by atoms with Gasteiger partial charge in [-0.05, 0) is 43.4 Å². The fourth-order valence-electron chi connectivity index (χ4n) is 2.66. The molecule has 17 heavy (non-hydrogen) atoms. The summed E-state index contributed by atoms with van der Waals surface area (Å²) in [5, 5.41) is 0. The third-order valence-electron chi connectivity index (χ3n) is 3.78. The average Bonchev–Trinajstić information content (AvgIpc) is 3.07. The molecule has 0 radical (unpaired) electrons. The molecule has 2 fully saturated rings. The summed E-state index contributed by atoms with van der Waals surface area (Å²) in [5.41, 5.74) is 7.71. The molecule has 2 aliphatic rings. The Kier molecular flexibility index (Phi) is 2.54. The van der Waals surface area contributed by atoms with Gasteiger partial charge < -0.3 is 10.6 Å². The predicted octanol–water partition coefficient (Wildman–Crippen LogP) is 2.34. The van der Waals surface area contributed by atoms with Crippen molar-refractivity contribution in [3.05, 3.63) is 29.8 Å². The van der Waals surface area contributed by atoms with Crippen molar-refractivity contribution in [2.75, 3.05) is 12.3 Å². The Balaban J connectivity index is 1.81. The second kappa shape index (κ2) is 4.06. The van der Waals surface area contributed by atoms with Gasteiger partial charge in [0, 0.05) is 18.2 Å². The second-order valence-electron chi connectivity index (χ2n) is 5.13. The van der Waals surface area contributed by atoms with Crippen molar-refractivity contribution in [2.24, 2.45) is 5.92 Å². The Morgan fingerprint density at radius 2 is 1.88 bits per heavy atom. The third-order valence-corrected chi connectivity index (χ3v) is 3.78. The fraction of sp³-hybridized carbons (Fsp3) is 0.500. The summed E-state index contributed by atoms with van der Waals surface area (Å²) in [6, 6.07) is 8.24. The van der Waals surface area contributed by atoms with Gasteiger partial charge in [-0.2, -0.15) is 0 Å². The van der Waals surface area contributed by atoms with Crippen molar-refractivity contribution >= 4 is 11.6 Å². The number of nitrogens with zero attached hydrogens (tertiary/aromatic N) is 1. The lowest BCUT2D eigenvalue weighted by Crippen LogP contribution is -2.31. The third kappa shape index (κ3) is 2.02. The van der Waals surface area contributed by atoms with E-state index in [1.165, 1.54) is 5.56 Å². The summed E-state index contributed by atoms with van der Waals surface area (Å²) in [5.74, 6) is 0.689. The maximum Gasteiger partial charge on any atom is 0.226 e. The zero-order valence-electron chi connectivity index (χ0n) is 9.93. The lowest BCUT2D eigenvalue weighted by atomic mass is 10.0. The molecular weight excluding hydrogens is 212 g/mol. The average molecular weight is 230 g/mol. The van der Waals surface area contributed by atoms with Crippen LogP contribution in [0.3, 0.4) is 0 Å². The first-order chi connectivity index (χ1) is 8.25. The largest absolute Gasteiger partial charge is 0.399 e. The summed E-state index contributed by atoms with van der Waals surface area (Å²) in [6.07, 6.45) is 4.38. The van der Waals surface area contributed by atoms with Crippen LogP contribution >= 0.6 is 0 Å². The molecule has 1 aromatic carbocycles. The van der Waals surface area contributed by atoms with E-state index in [4.69, 9.17) is 5.73 Å². The summed E-state index contributed by atoms with van der Waals surface area (Å²) < 4.78 is 0. The van der Waals surface area contributed by atoms with E-state index in [1.54, 1.807) is 0 Å². The summed E-state index contributed by atoms with van der Waals surface area (Å²) in [6.45, 7) is 0.921. The molecule has 0 aromatic heterocycles. The van der Waals surface area contributed by atoms with Crippen LogP contribution in [0.15, 0.2) is 24.3 Å². The second-order valence-corrected chi connectivity index (χ2v) is 5.13. The number of benzene rings is 1. The van der Waals surface area contributed by atoms with Gasteiger partial charge in [-0.3, -0.25) is 4.79 Å². The molecule has 1 heterocycles. The van der Waals surface area contributed by atoms with Crippen molar-refractivity contribution in [1.82, 2.24) is 4.90 Å². The normalized spacial score (nSPS) is 24.0. The zero-order valence-corrected chi connectivity index (χ0v) is 9.93. The smallest absolute Gasteiger partial charge is 0.226 e. The molecule has 3 heteroatoms.